The quantitative estimate of drug-likeness (QED) is 0.602. The molecule has 0 radical (unpaired) electrons. The number of hydrazone groups is 1. The predicted molar refractivity (Wildman–Crippen MR) is 80.9 cm³/mol. The lowest BCUT2D eigenvalue weighted by Crippen LogP contribution is -2.19. The smallest absolute Gasteiger partial charge is 0.272 e. The monoisotopic (exact) mass is 304 g/mol. The molecule has 0 spiro atoms. The lowest BCUT2D eigenvalue weighted by atomic mass is 10.1. The molecule has 5 nitrogen and oxygen atoms in total. The molecule has 0 unspecified atom stereocenters. The lowest BCUT2D eigenvalue weighted by molar-refractivity contribution is 0.0955. The van der Waals surface area contributed by atoms with E-state index in [-0.39, 0.29) is 11.5 Å². The fourth-order valence-corrected chi connectivity index (χ4v) is 1.95. The summed E-state index contributed by atoms with van der Waals surface area (Å²) in [6, 6.07) is 10.7. The normalized spacial score (nSPS) is 11.2. The van der Waals surface area contributed by atoms with E-state index in [4.69, 9.17) is 11.6 Å². The SMILES string of the molecule is C/C(=N/NC(=O)c1ccccc1Cl)c1ccc(O)cc1O. The third kappa shape index (κ3) is 3.52. The van der Waals surface area contributed by atoms with Crippen LogP contribution in [0.4, 0.5) is 0 Å². The van der Waals surface area contributed by atoms with Crippen molar-refractivity contribution in [1.29, 1.82) is 0 Å². The second-order valence-corrected chi connectivity index (χ2v) is 4.73. The molecule has 0 aliphatic heterocycles. The van der Waals surface area contributed by atoms with Crippen LogP contribution in [0.15, 0.2) is 47.6 Å². The molecular weight excluding hydrogens is 292 g/mol. The van der Waals surface area contributed by atoms with Gasteiger partial charge in [0.25, 0.3) is 5.91 Å². The third-order valence-corrected chi connectivity index (χ3v) is 3.14. The molecule has 0 fully saturated rings. The van der Waals surface area contributed by atoms with Gasteiger partial charge in [0, 0.05) is 11.6 Å². The average Bonchev–Trinajstić information content (AvgIpc) is 2.45. The highest BCUT2D eigenvalue weighted by atomic mass is 35.5. The standard InChI is InChI=1S/C15H13ClN2O3/c1-9(11-7-6-10(19)8-14(11)20)17-18-15(21)12-4-2-3-5-13(12)16/h2-8,19-20H,1H3,(H,18,21)/b17-9-. The Hall–Kier alpha value is -2.53. The zero-order valence-corrected chi connectivity index (χ0v) is 11.9. The van der Waals surface area contributed by atoms with Gasteiger partial charge in [0.15, 0.2) is 0 Å². The summed E-state index contributed by atoms with van der Waals surface area (Å²) in [6.45, 7) is 1.62. The molecule has 0 heterocycles. The van der Waals surface area contributed by atoms with Gasteiger partial charge in [0.05, 0.1) is 16.3 Å². The van der Waals surface area contributed by atoms with Gasteiger partial charge < -0.3 is 10.2 Å². The Morgan fingerprint density at radius 1 is 1.14 bits per heavy atom. The first-order valence-electron chi connectivity index (χ1n) is 6.10. The average molecular weight is 305 g/mol. The van der Waals surface area contributed by atoms with Crippen LogP contribution in [0.2, 0.25) is 5.02 Å². The second-order valence-electron chi connectivity index (χ2n) is 4.32. The predicted octanol–water partition coefficient (Wildman–Crippen LogP) is 2.91. The van der Waals surface area contributed by atoms with E-state index in [1.54, 1.807) is 31.2 Å². The summed E-state index contributed by atoms with van der Waals surface area (Å²) in [5, 5.41) is 23.2. The van der Waals surface area contributed by atoms with Crippen molar-refractivity contribution in [3.63, 3.8) is 0 Å². The van der Waals surface area contributed by atoms with Gasteiger partial charge >= 0.3 is 0 Å². The van der Waals surface area contributed by atoms with Crippen LogP contribution in [-0.4, -0.2) is 21.8 Å². The number of aromatic hydroxyl groups is 2. The van der Waals surface area contributed by atoms with Crippen LogP contribution in [0.5, 0.6) is 11.5 Å². The zero-order valence-electron chi connectivity index (χ0n) is 11.2. The maximum atomic E-state index is 11.9. The highest BCUT2D eigenvalue weighted by molar-refractivity contribution is 6.33. The Morgan fingerprint density at radius 2 is 1.86 bits per heavy atom. The number of carbonyl (C=O) groups is 1. The van der Waals surface area contributed by atoms with Crippen LogP contribution < -0.4 is 5.43 Å². The van der Waals surface area contributed by atoms with Crippen molar-refractivity contribution in [3.8, 4) is 11.5 Å². The number of carbonyl (C=O) groups excluding carboxylic acids is 1. The van der Waals surface area contributed by atoms with Gasteiger partial charge in [-0.2, -0.15) is 5.10 Å². The molecule has 0 bridgehead atoms. The highest BCUT2D eigenvalue weighted by Gasteiger charge is 2.10. The molecule has 2 aromatic rings. The van der Waals surface area contributed by atoms with Gasteiger partial charge in [-0.05, 0) is 31.2 Å². The van der Waals surface area contributed by atoms with Crippen molar-refractivity contribution in [2.24, 2.45) is 5.10 Å². The molecular formula is C15H13ClN2O3. The molecule has 0 aliphatic rings. The van der Waals surface area contributed by atoms with E-state index in [0.29, 0.717) is 21.9 Å². The fourth-order valence-electron chi connectivity index (χ4n) is 1.73. The van der Waals surface area contributed by atoms with E-state index in [1.807, 2.05) is 0 Å². The number of amides is 1. The highest BCUT2D eigenvalue weighted by Crippen LogP contribution is 2.23. The first-order chi connectivity index (χ1) is 9.99. The van der Waals surface area contributed by atoms with Crippen LogP contribution in [0, 0.1) is 0 Å². The number of hydrogen-bond acceptors (Lipinski definition) is 4. The molecule has 0 aromatic heterocycles. The van der Waals surface area contributed by atoms with Crippen molar-refractivity contribution in [1.82, 2.24) is 5.43 Å². The van der Waals surface area contributed by atoms with Crippen LogP contribution in [0.1, 0.15) is 22.8 Å². The lowest BCUT2D eigenvalue weighted by Gasteiger charge is -2.06. The molecule has 21 heavy (non-hydrogen) atoms. The Balaban J connectivity index is 2.17. The maximum Gasteiger partial charge on any atom is 0.272 e. The van der Waals surface area contributed by atoms with Crippen LogP contribution >= 0.6 is 11.6 Å². The van der Waals surface area contributed by atoms with E-state index in [0.717, 1.165) is 0 Å². The van der Waals surface area contributed by atoms with Gasteiger partial charge in [0.2, 0.25) is 0 Å². The number of nitrogens with one attached hydrogen (secondary N) is 1. The molecule has 0 saturated heterocycles. The topological polar surface area (TPSA) is 81.9 Å². The third-order valence-electron chi connectivity index (χ3n) is 2.81. The Bertz CT molecular complexity index is 714. The number of phenolic OH excluding ortho intramolecular Hbond substituents is 2. The van der Waals surface area contributed by atoms with Gasteiger partial charge in [0.1, 0.15) is 11.5 Å². The minimum Gasteiger partial charge on any atom is -0.508 e. The van der Waals surface area contributed by atoms with Gasteiger partial charge in [-0.1, -0.05) is 23.7 Å². The van der Waals surface area contributed by atoms with E-state index < -0.39 is 5.91 Å². The number of nitrogens with zero attached hydrogens (tertiary/aromatic N) is 1. The van der Waals surface area contributed by atoms with Crippen molar-refractivity contribution < 1.29 is 15.0 Å². The van der Waals surface area contributed by atoms with Crippen LogP contribution in [0.3, 0.4) is 0 Å². The number of rotatable bonds is 3. The minimum absolute atomic E-state index is 0.0517. The molecule has 1 amide bonds. The van der Waals surface area contributed by atoms with E-state index in [9.17, 15) is 15.0 Å². The summed E-state index contributed by atoms with van der Waals surface area (Å²) in [4.78, 5) is 11.9. The van der Waals surface area contributed by atoms with Crippen molar-refractivity contribution >= 4 is 23.2 Å². The molecule has 0 aliphatic carbocycles. The molecule has 6 heteroatoms. The molecule has 108 valence electrons. The first kappa shape index (κ1) is 14.9. The number of hydrogen-bond donors (Lipinski definition) is 3. The van der Waals surface area contributed by atoms with E-state index >= 15 is 0 Å². The fraction of sp³-hybridized carbons (Fsp3) is 0.0667. The molecule has 2 aromatic carbocycles. The Morgan fingerprint density at radius 3 is 2.52 bits per heavy atom. The van der Waals surface area contributed by atoms with Crippen LogP contribution in [-0.2, 0) is 0 Å². The first-order valence-corrected chi connectivity index (χ1v) is 6.48. The van der Waals surface area contributed by atoms with Crippen LogP contribution in [0.25, 0.3) is 0 Å². The molecule has 2 rings (SSSR count). The van der Waals surface area contributed by atoms with Crippen molar-refractivity contribution in [3.05, 3.63) is 58.6 Å². The van der Waals surface area contributed by atoms with Gasteiger partial charge in [-0.3, -0.25) is 4.79 Å². The zero-order chi connectivity index (χ0) is 15.4. The second kappa shape index (κ2) is 6.28. The number of benzene rings is 2. The summed E-state index contributed by atoms with van der Waals surface area (Å²) >= 11 is 5.92. The summed E-state index contributed by atoms with van der Waals surface area (Å²) in [5.74, 6) is -0.620. The maximum absolute atomic E-state index is 11.9. The largest absolute Gasteiger partial charge is 0.508 e. The Kier molecular flexibility index (Phi) is 4.45. The summed E-state index contributed by atoms with van der Waals surface area (Å²) in [7, 11) is 0. The number of phenols is 2. The van der Waals surface area contributed by atoms with Gasteiger partial charge in [-0.25, -0.2) is 5.43 Å². The van der Waals surface area contributed by atoms with E-state index in [1.165, 1.54) is 18.2 Å². The minimum atomic E-state index is -0.446. The van der Waals surface area contributed by atoms with Crippen molar-refractivity contribution in [2.75, 3.05) is 0 Å². The Labute approximate surface area is 126 Å². The number of halogens is 1. The van der Waals surface area contributed by atoms with Crippen molar-refractivity contribution in [2.45, 2.75) is 6.92 Å². The summed E-state index contributed by atoms with van der Waals surface area (Å²) in [5.41, 5.74) is 3.49. The molecule has 3 N–H and O–H groups in total. The summed E-state index contributed by atoms with van der Waals surface area (Å²) < 4.78 is 0. The molecule has 0 saturated carbocycles. The molecule has 0 atom stereocenters. The summed E-state index contributed by atoms with van der Waals surface area (Å²) in [6.07, 6.45) is 0. The van der Waals surface area contributed by atoms with Gasteiger partial charge in [-0.15, -0.1) is 0 Å². The van der Waals surface area contributed by atoms with E-state index in [2.05, 4.69) is 10.5 Å².